The summed E-state index contributed by atoms with van der Waals surface area (Å²) < 4.78 is 5.59. The highest BCUT2D eigenvalue weighted by Crippen LogP contribution is 2.28. The van der Waals surface area contributed by atoms with Gasteiger partial charge in [-0.15, -0.1) is 0 Å². The monoisotopic (exact) mass is 354 g/mol. The average molecular weight is 355 g/mol. The number of aromatic amines is 1. The fraction of sp³-hybridized carbons (Fsp3) is 0.250. The van der Waals surface area contributed by atoms with Crippen molar-refractivity contribution in [2.24, 2.45) is 0 Å². The van der Waals surface area contributed by atoms with Gasteiger partial charge in [0.15, 0.2) is 6.61 Å². The number of hydrogen-bond acceptors (Lipinski definition) is 2. The largest absolute Gasteiger partial charge is 0.484 e. The molecular weight excluding hydrogens is 336 g/mol. The molecule has 1 N–H and O–H groups in total. The van der Waals surface area contributed by atoms with Crippen LogP contribution >= 0.6 is 11.6 Å². The van der Waals surface area contributed by atoms with E-state index in [1.807, 2.05) is 4.90 Å². The molecule has 0 spiro atoms. The molecule has 25 heavy (non-hydrogen) atoms. The van der Waals surface area contributed by atoms with Gasteiger partial charge < -0.3 is 14.6 Å². The Hall–Kier alpha value is -2.46. The van der Waals surface area contributed by atoms with Crippen LogP contribution in [0.2, 0.25) is 5.02 Å². The topological polar surface area (TPSA) is 45.3 Å². The van der Waals surface area contributed by atoms with E-state index in [0.29, 0.717) is 23.9 Å². The molecule has 0 radical (unpaired) electrons. The van der Waals surface area contributed by atoms with E-state index in [9.17, 15) is 4.79 Å². The first kappa shape index (κ1) is 16.0. The Balaban J connectivity index is 1.47. The van der Waals surface area contributed by atoms with Gasteiger partial charge in [-0.2, -0.15) is 0 Å². The minimum Gasteiger partial charge on any atom is -0.484 e. The molecule has 0 atom stereocenters. The third-order valence-electron chi connectivity index (χ3n) is 4.66. The van der Waals surface area contributed by atoms with Crippen LogP contribution in [-0.4, -0.2) is 28.9 Å². The number of nitrogens with zero attached hydrogens (tertiary/aromatic N) is 1. The van der Waals surface area contributed by atoms with Crippen LogP contribution < -0.4 is 4.74 Å². The van der Waals surface area contributed by atoms with Crippen molar-refractivity contribution in [2.45, 2.75) is 19.9 Å². The molecule has 0 bridgehead atoms. The maximum atomic E-state index is 12.5. The number of aromatic nitrogens is 1. The Bertz CT molecular complexity index is 931. The Morgan fingerprint density at radius 2 is 2.04 bits per heavy atom. The summed E-state index contributed by atoms with van der Waals surface area (Å²) in [4.78, 5) is 17.9. The number of aryl methyl sites for hydroxylation is 1. The number of amides is 1. The Kier molecular flexibility index (Phi) is 4.14. The van der Waals surface area contributed by atoms with E-state index in [1.54, 1.807) is 24.3 Å². The SMILES string of the molecule is Cc1ccc2c3c([nH]c2c1)CCN(C(=O)COc1ccc(Cl)cc1)C3. The number of carbonyl (C=O) groups is 1. The molecule has 1 aliphatic heterocycles. The molecule has 128 valence electrons. The van der Waals surface area contributed by atoms with Crippen LogP contribution in [0.25, 0.3) is 10.9 Å². The molecule has 5 heteroatoms. The fourth-order valence-electron chi connectivity index (χ4n) is 3.32. The van der Waals surface area contributed by atoms with Gasteiger partial charge in [-0.25, -0.2) is 0 Å². The average Bonchev–Trinajstić information content (AvgIpc) is 2.97. The van der Waals surface area contributed by atoms with Crippen molar-refractivity contribution in [3.63, 3.8) is 0 Å². The normalized spacial score (nSPS) is 13.8. The number of carbonyl (C=O) groups excluding carboxylic acids is 1. The molecule has 4 rings (SSSR count). The molecule has 2 aromatic carbocycles. The summed E-state index contributed by atoms with van der Waals surface area (Å²) in [6.07, 6.45) is 0.843. The molecule has 0 fully saturated rings. The molecule has 1 aliphatic rings. The number of H-pyrrole nitrogens is 1. The van der Waals surface area contributed by atoms with Crippen molar-refractivity contribution < 1.29 is 9.53 Å². The third-order valence-corrected chi connectivity index (χ3v) is 4.91. The second-order valence-corrected chi connectivity index (χ2v) is 6.88. The van der Waals surface area contributed by atoms with Gasteiger partial charge in [0.05, 0.1) is 0 Å². The van der Waals surface area contributed by atoms with Gasteiger partial charge in [0.2, 0.25) is 0 Å². The van der Waals surface area contributed by atoms with Gasteiger partial charge >= 0.3 is 0 Å². The fourth-order valence-corrected chi connectivity index (χ4v) is 3.44. The summed E-state index contributed by atoms with van der Waals surface area (Å²) in [6, 6.07) is 13.4. The predicted octanol–water partition coefficient (Wildman–Crippen LogP) is 4.09. The quantitative estimate of drug-likeness (QED) is 0.769. The van der Waals surface area contributed by atoms with Crippen LogP contribution in [0.15, 0.2) is 42.5 Å². The maximum absolute atomic E-state index is 12.5. The molecule has 1 amide bonds. The first-order valence-corrected chi connectivity index (χ1v) is 8.74. The highest BCUT2D eigenvalue weighted by atomic mass is 35.5. The van der Waals surface area contributed by atoms with Gasteiger partial charge in [0.25, 0.3) is 5.91 Å². The van der Waals surface area contributed by atoms with Gasteiger partial charge in [-0.3, -0.25) is 4.79 Å². The molecule has 3 aromatic rings. The van der Waals surface area contributed by atoms with Crippen LogP contribution in [0.3, 0.4) is 0 Å². The van der Waals surface area contributed by atoms with Crippen molar-refractivity contribution in [3.05, 3.63) is 64.3 Å². The van der Waals surface area contributed by atoms with Crippen LogP contribution in [0.4, 0.5) is 0 Å². The van der Waals surface area contributed by atoms with Gasteiger partial charge in [0, 0.05) is 46.7 Å². The van der Waals surface area contributed by atoms with Crippen molar-refractivity contribution >= 4 is 28.4 Å². The molecule has 1 aromatic heterocycles. The van der Waals surface area contributed by atoms with Gasteiger partial charge in [-0.1, -0.05) is 23.7 Å². The lowest BCUT2D eigenvalue weighted by atomic mass is 10.0. The summed E-state index contributed by atoms with van der Waals surface area (Å²) in [5, 5.41) is 1.86. The number of nitrogens with one attached hydrogen (secondary N) is 1. The molecule has 4 nitrogen and oxygen atoms in total. The van der Waals surface area contributed by atoms with Crippen LogP contribution in [0.1, 0.15) is 16.8 Å². The minimum atomic E-state index is 0.00191. The minimum absolute atomic E-state index is 0.00191. The summed E-state index contributed by atoms with van der Waals surface area (Å²) in [7, 11) is 0. The first-order chi connectivity index (χ1) is 12.1. The predicted molar refractivity (Wildman–Crippen MR) is 99.1 cm³/mol. The highest BCUT2D eigenvalue weighted by Gasteiger charge is 2.24. The van der Waals surface area contributed by atoms with Crippen molar-refractivity contribution in [1.29, 1.82) is 0 Å². The molecule has 0 unspecified atom stereocenters. The Morgan fingerprint density at radius 1 is 1.24 bits per heavy atom. The second-order valence-electron chi connectivity index (χ2n) is 6.44. The van der Waals surface area contributed by atoms with Gasteiger partial charge in [-0.05, 0) is 42.8 Å². The van der Waals surface area contributed by atoms with Crippen LogP contribution in [-0.2, 0) is 17.8 Å². The van der Waals surface area contributed by atoms with E-state index in [2.05, 4.69) is 30.1 Å². The first-order valence-electron chi connectivity index (χ1n) is 8.36. The lowest BCUT2D eigenvalue weighted by Crippen LogP contribution is -2.38. The number of benzene rings is 2. The molecule has 2 heterocycles. The van der Waals surface area contributed by atoms with Crippen molar-refractivity contribution in [3.8, 4) is 5.75 Å². The molecular formula is C20H19ClN2O2. The lowest BCUT2D eigenvalue weighted by Gasteiger charge is -2.27. The summed E-state index contributed by atoms with van der Waals surface area (Å²) in [6.45, 7) is 3.46. The number of ether oxygens (including phenoxy) is 1. The standard InChI is InChI=1S/C20H19ClN2O2/c1-13-2-7-16-17-11-23(9-8-18(17)22-19(16)10-13)20(24)12-25-15-5-3-14(21)4-6-15/h2-7,10,22H,8-9,11-12H2,1H3. The summed E-state index contributed by atoms with van der Waals surface area (Å²) in [5.41, 5.74) is 4.84. The third kappa shape index (κ3) is 3.22. The number of halogens is 1. The van der Waals surface area contributed by atoms with E-state index in [4.69, 9.17) is 16.3 Å². The van der Waals surface area contributed by atoms with E-state index in [-0.39, 0.29) is 12.5 Å². The lowest BCUT2D eigenvalue weighted by molar-refractivity contribution is -0.134. The Labute approximate surface area is 151 Å². The van der Waals surface area contributed by atoms with E-state index in [0.717, 1.165) is 11.9 Å². The smallest absolute Gasteiger partial charge is 0.260 e. The maximum Gasteiger partial charge on any atom is 0.260 e. The van der Waals surface area contributed by atoms with Crippen molar-refractivity contribution in [1.82, 2.24) is 9.88 Å². The molecule has 0 saturated heterocycles. The molecule has 0 saturated carbocycles. The highest BCUT2D eigenvalue weighted by molar-refractivity contribution is 6.30. The number of hydrogen-bond donors (Lipinski definition) is 1. The second kappa shape index (κ2) is 6.45. The summed E-state index contributed by atoms with van der Waals surface area (Å²) >= 11 is 5.86. The zero-order chi connectivity index (χ0) is 17.4. The van der Waals surface area contributed by atoms with E-state index < -0.39 is 0 Å². The van der Waals surface area contributed by atoms with Crippen molar-refractivity contribution in [2.75, 3.05) is 13.2 Å². The number of fused-ring (bicyclic) bond motifs is 3. The Morgan fingerprint density at radius 3 is 2.84 bits per heavy atom. The zero-order valence-electron chi connectivity index (χ0n) is 14.0. The molecule has 0 aliphatic carbocycles. The van der Waals surface area contributed by atoms with Crippen LogP contribution in [0, 0.1) is 6.92 Å². The van der Waals surface area contributed by atoms with Gasteiger partial charge in [0.1, 0.15) is 5.75 Å². The number of rotatable bonds is 3. The van der Waals surface area contributed by atoms with E-state index in [1.165, 1.54) is 22.2 Å². The van der Waals surface area contributed by atoms with E-state index >= 15 is 0 Å². The zero-order valence-corrected chi connectivity index (χ0v) is 14.8. The van der Waals surface area contributed by atoms with Crippen LogP contribution in [0.5, 0.6) is 5.75 Å². The summed E-state index contributed by atoms with van der Waals surface area (Å²) in [5.74, 6) is 0.653.